The number of carbonyl (C=O) groups is 1. The number of nitrogens with zero attached hydrogens (tertiary/aromatic N) is 3. The Balaban J connectivity index is 1.50. The molecular formula is C17H21N3O3S. The van der Waals surface area contributed by atoms with Gasteiger partial charge in [0.2, 0.25) is 0 Å². The molecule has 0 aromatic carbocycles. The van der Waals surface area contributed by atoms with Crippen molar-refractivity contribution in [3.8, 4) is 0 Å². The van der Waals surface area contributed by atoms with Gasteiger partial charge in [0.05, 0.1) is 30.0 Å². The molecule has 0 radical (unpaired) electrons. The molecule has 1 amide bonds. The first-order valence-corrected chi connectivity index (χ1v) is 9.16. The number of carbonyl (C=O) groups excluding carboxylic acids is 1. The summed E-state index contributed by atoms with van der Waals surface area (Å²) in [5, 5.41) is 7.90. The molecule has 4 rings (SSSR count). The van der Waals surface area contributed by atoms with Crippen LogP contribution >= 0.6 is 11.3 Å². The van der Waals surface area contributed by atoms with Crippen LogP contribution in [-0.2, 0) is 11.3 Å². The van der Waals surface area contributed by atoms with E-state index in [9.17, 15) is 4.79 Å². The molecule has 0 aliphatic carbocycles. The number of fused-ring (bicyclic) bond motifs is 1. The van der Waals surface area contributed by atoms with Crippen LogP contribution in [-0.4, -0.2) is 59.3 Å². The molecule has 0 bridgehead atoms. The van der Waals surface area contributed by atoms with Crippen molar-refractivity contribution in [2.45, 2.75) is 32.5 Å². The third kappa shape index (κ3) is 2.76. The molecule has 0 N–H and O–H groups in total. The third-order valence-corrected chi connectivity index (χ3v) is 5.70. The monoisotopic (exact) mass is 347 g/mol. The van der Waals surface area contributed by atoms with E-state index < -0.39 is 0 Å². The van der Waals surface area contributed by atoms with Gasteiger partial charge in [-0.1, -0.05) is 5.16 Å². The summed E-state index contributed by atoms with van der Waals surface area (Å²) >= 11 is 1.55. The van der Waals surface area contributed by atoms with Crippen molar-refractivity contribution in [3.05, 3.63) is 39.4 Å². The van der Waals surface area contributed by atoms with E-state index in [1.54, 1.807) is 11.3 Å². The zero-order chi connectivity index (χ0) is 16.7. The Kier molecular flexibility index (Phi) is 4.15. The minimum Gasteiger partial charge on any atom is -0.373 e. The van der Waals surface area contributed by atoms with E-state index in [1.165, 1.54) is 0 Å². The number of thiophene rings is 1. The summed E-state index contributed by atoms with van der Waals surface area (Å²) < 4.78 is 11.2. The summed E-state index contributed by atoms with van der Waals surface area (Å²) in [4.78, 5) is 16.9. The predicted molar refractivity (Wildman–Crippen MR) is 90.1 cm³/mol. The Labute approximate surface area is 145 Å². The lowest BCUT2D eigenvalue weighted by Gasteiger charge is -2.36. The number of likely N-dealkylation sites (tertiary alicyclic amines) is 1. The van der Waals surface area contributed by atoms with Crippen LogP contribution < -0.4 is 0 Å². The minimum absolute atomic E-state index is 0.0850. The van der Waals surface area contributed by atoms with Gasteiger partial charge in [0.25, 0.3) is 5.91 Å². The fourth-order valence-corrected chi connectivity index (χ4v) is 4.25. The van der Waals surface area contributed by atoms with E-state index in [0.717, 1.165) is 35.7 Å². The van der Waals surface area contributed by atoms with Crippen molar-refractivity contribution in [1.29, 1.82) is 0 Å². The Bertz CT molecular complexity index is 708. The molecular weight excluding hydrogens is 326 g/mol. The number of aryl methyl sites for hydroxylation is 2. The number of amides is 1. The number of ether oxygens (including phenoxy) is 1. The summed E-state index contributed by atoms with van der Waals surface area (Å²) in [6.07, 6.45) is 0.0850. The van der Waals surface area contributed by atoms with E-state index in [-0.39, 0.29) is 18.1 Å². The van der Waals surface area contributed by atoms with Crippen molar-refractivity contribution in [1.82, 2.24) is 15.0 Å². The highest BCUT2D eigenvalue weighted by molar-refractivity contribution is 7.08. The zero-order valence-corrected chi connectivity index (χ0v) is 14.7. The van der Waals surface area contributed by atoms with E-state index in [1.807, 2.05) is 35.6 Å². The number of rotatable bonds is 3. The Morgan fingerprint density at radius 3 is 3.00 bits per heavy atom. The normalized spacial score (nSPS) is 24.3. The largest absolute Gasteiger partial charge is 0.373 e. The highest BCUT2D eigenvalue weighted by Gasteiger charge is 2.42. The molecule has 2 aromatic rings. The van der Waals surface area contributed by atoms with Gasteiger partial charge < -0.3 is 14.2 Å². The SMILES string of the molecule is Cc1noc(C)c1CN1CCO[C@@H]2CN(C(=O)c3ccsc3)C[C@@H]21. The second-order valence-corrected chi connectivity index (χ2v) is 7.25. The van der Waals surface area contributed by atoms with Gasteiger partial charge in [-0.2, -0.15) is 11.3 Å². The molecule has 7 heteroatoms. The highest BCUT2D eigenvalue weighted by Crippen LogP contribution is 2.27. The number of aromatic nitrogens is 1. The van der Waals surface area contributed by atoms with Crippen LogP contribution in [0.4, 0.5) is 0 Å². The maximum absolute atomic E-state index is 12.6. The zero-order valence-electron chi connectivity index (χ0n) is 13.9. The highest BCUT2D eigenvalue weighted by atomic mass is 32.1. The van der Waals surface area contributed by atoms with Crippen LogP contribution in [0.2, 0.25) is 0 Å². The van der Waals surface area contributed by atoms with Crippen LogP contribution in [0, 0.1) is 13.8 Å². The molecule has 2 saturated heterocycles. The summed E-state index contributed by atoms with van der Waals surface area (Å²) in [6, 6.07) is 2.12. The van der Waals surface area contributed by atoms with Crippen molar-refractivity contribution in [2.75, 3.05) is 26.2 Å². The van der Waals surface area contributed by atoms with Gasteiger partial charge in [-0.05, 0) is 25.3 Å². The fourth-order valence-electron chi connectivity index (χ4n) is 3.62. The topological polar surface area (TPSA) is 58.8 Å². The van der Waals surface area contributed by atoms with Crippen molar-refractivity contribution < 1.29 is 14.1 Å². The van der Waals surface area contributed by atoms with Gasteiger partial charge in [-0.3, -0.25) is 9.69 Å². The van der Waals surface area contributed by atoms with Crippen LogP contribution in [0.25, 0.3) is 0 Å². The second-order valence-electron chi connectivity index (χ2n) is 6.47. The lowest BCUT2D eigenvalue weighted by Crippen LogP contribution is -2.50. The third-order valence-electron chi connectivity index (χ3n) is 5.01. The van der Waals surface area contributed by atoms with Crippen LogP contribution in [0.3, 0.4) is 0 Å². The molecule has 2 fully saturated rings. The first-order chi connectivity index (χ1) is 11.6. The molecule has 128 valence electrons. The number of morpholine rings is 1. The molecule has 2 aliphatic rings. The number of hydrogen-bond donors (Lipinski definition) is 0. The molecule has 2 aromatic heterocycles. The van der Waals surface area contributed by atoms with Crippen LogP contribution in [0.15, 0.2) is 21.3 Å². The molecule has 0 spiro atoms. The van der Waals surface area contributed by atoms with Gasteiger partial charge >= 0.3 is 0 Å². The predicted octanol–water partition coefficient (Wildman–Crippen LogP) is 2.08. The average Bonchev–Trinajstić information content (AvgIpc) is 3.30. The van der Waals surface area contributed by atoms with Gasteiger partial charge in [-0.25, -0.2) is 0 Å². The van der Waals surface area contributed by atoms with Crippen molar-refractivity contribution in [2.24, 2.45) is 0 Å². The maximum Gasteiger partial charge on any atom is 0.254 e. The summed E-state index contributed by atoms with van der Waals surface area (Å²) in [5.41, 5.74) is 2.87. The van der Waals surface area contributed by atoms with Crippen molar-refractivity contribution in [3.63, 3.8) is 0 Å². The fraction of sp³-hybridized carbons (Fsp3) is 0.529. The Hall–Kier alpha value is -1.70. The molecule has 6 nitrogen and oxygen atoms in total. The molecule has 2 aliphatic heterocycles. The lowest BCUT2D eigenvalue weighted by molar-refractivity contribution is -0.0505. The van der Waals surface area contributed by atoms with E-state index in [2.05, 4.69) is 10.1 Å². The Morgan fingerprint density at radius 2 is 2.29 bits per heavy atom. The minimum atomic E-state index is 0.0850. The molecule has 2 atom stereocenters. The van der Waals surface area contributed by atoms with E-state index >= 15 is 0 Å². The average molecular weight is 347 g/mol. The van der Waals surface area contributed by atoms with Gasteiger partial charge in [0.1, 0.15) is 5.76 Å². The van der Waals surface area contributed by atoms with Gasteiger partial charge in [0, 0.05) is 37.1 Å². The number of hydrogen-bond acceptors (Lipinski definition) is 6. The summed E-state index contributed by atoms with van der Waals surface area (Å²) in [6.45, 7) is 7.67. The van der Waals surface area contributed by atoms with Crippen LogP contribution in [0.5, 0.6) is 0 Å². The molecule has 24 heavy (non-hydrogen) atoms. The second kappa shape index (κ2) is 6.31. The van der Waals surface area contributed by atoms with Crippen molar-refractivity contribution >= 4 is 17.2 Å². The standard InChI is InChI=1S/C17H21N3O3S/c1-11-14(12(2)23-18-11)7-19-4-5-22-16-9-20(8-15(16)19)17(21)13-3-6-24-10-13/h3,6,10,15-16H,4-5,7-9H2,1-2H3/t15-,16+/m0/s1. The smallest absolute Gasteiger partial charge is 0.254 e. The van der Waals surface area contributed by atoms with E-state index in [0.29, 0.717) is 19.7 Å². The van der Waals surface area contributed by atoms with Gasteiger partial charge in [0.15, 0.2) is 0 Å². The Morgan fingerprint density at radius 1 is 1.42 bits per heavy atom. The van der Waals surface area contributed by atoms with E-state index in [4.69, 9.17) is 9.26 Å². The molecule has 0 unspecified atom stereocenters. The van der Waals surface area contributed by atoms with Crippen LogP contribution in [0.1, 0.15) is 27.4 Å². The maximum atomic E-state index is 12.6. The van der Waals surface area contributed by atoms with Gasteiger partial charge in [-0.15, -0.1) is 0 Å². The summed E-state index contributed by atoms with van der Waals surface area (Å²) in [5.74, 6) is 0.978. The summed E-state index contributed by atoms with van der Waals surface area (Å²) in [7, 11) is 0. The first kappa shape index (κ1) is 15.8. The molecule has 4 heterocycles. The lowest BCUT2D eigenvalue weighted by atomic mass is 10.1. The quantitative estimate of drug-likeness (QED) is 0.851. The molecule has 0 saturated carbocycles. The first-order valence-electron chi connectivity index (χ1n) is 8.22.